The van der Waals surface area contributed by atoms with E-state index in [1.807, 2.05) is 6.92 Å². The molecule has 1 unspecified atom stereocenters. The largest absolute Gasteiger partial charge is 0.481 e. The van der Waals surface area contributed by atoms with Gasteiger partial charge in [0, 0.05) is 20.3 Å². The number of methoxy groups -OCH3 is 1. The lowest BCUT2D eigenvalue weighted by Crippen LogP contribution is -2.39. The molecule has 6 nitrogen and oxygen atoms in total. The van der Waals surface area contributed by atoms with E-state index in [4.69, 9.17) is 15.6 Å². The third-order valence-electron chi connectivity index (χ3n) is 2.60. The summed E-state index contributed by atoms with van der Waals surface area (Å²) in [6, 6.07) is -0.701. The highest BCUT2D eigenvalue weighted by atomic mass is 16.5. The maximum atomic E-state index is 11.0. The minimum atomic E-state index is -0.920. The molecule has 4 N–H and O–H groups in total. The molecule has 2 atom stereocenters. The molecule has 0 heterocycles. The van der Waals surface area contributed by atoms with Crippen molar-refractivity contribution in [3.05, 3.63) is 0 Å². The second kappa shape index (κ2) is 7.92. The fourth-order valence-corrected chi connectivity index (χ4v) is 1.63. The second-order valence-corrected chi connectivity index (χ2v) is 3.64. The number of ether oxygens (including phenoxy) is 1. The number of urea groups is 1. The standard InChI is InChI=1S/C10H20N2O4/c1-3-7(4-5-16-2)8(9(13)14)6-12-10(11)15/h7-8H,3-6H2,1-2H3,(H,13,14)(H3,11,12,15)/t7?,8-/m0/s1. The van der Waals surface area contributed by atoms with Gasteiger partial charge in [-0.25, -0.2) is 4.79 Å². The van der Waals surface area contributed by atoms with Gasteiger partial charge in [-0.2, -0.15) is 0 Å². The van der Waals surface area contributed by atoms with E-state index in [0.29, 0.717) is 13.0 Å². The first kappa shape index (κ1) is 14.7. The van der Waals surface area contributed by atoms with Crippen LogP contribution in [0, 0.1) is 11.8 Å². The van der Waals surface area contributed by atoms with Crippen LogP contribution in [0.1, 0.15) is 19.8 Å². The number of nitrogens with two attached hydrogens (primary N) is 1. The zero-order chi connectivity index (χ0) is 12.6. The van der Waals surface area contributed by atoms with E-state index in [9.17, 15) is 9.59 Å². The minimum Gasteiger partial charge on any atom is -0.481 e. The summed E-state index contributed by atoms with van der Waals surface area (Å²) >= 11 is 0. The van der Waals surface area contributed by atoms with Crippen molar-refractivity contribution < 1.29 is 19.4 Å². The number of amides is 2. The van der Waals surface area contributed by atoms with E-state index in [1.54, 1.807) is 7.11 Å². The van der Waals surface area contributed by atoms with Gasteiger partial charge in [0.2, 0.25) is 0 Å². The van der Waals surface area contributed by atoms with Crippen molar-refractivity contribution in [1.82, 2.24) is 5.32 Å². The van der Waals surface area contributed by atoms with Gasteiger partial charge >= 0.3 is 12.0 Å². The first-order chi connectivity index (χ1) is 7.52. The molecular formula is C10H20N2O4. The van der Waals surface area contributed by atoms with Crippen LogP contribution in [0.15, 0.2) is 0 Å². The summed E-state index contributed by atoms with van der Waals surface area (Å²) in [6.45, 7) is 2.49. The van der Waals surface area contributed by atoms with Crippen LogP contribution in [-0.4, -0.2) is 37.4 Å². The quantitative estimate of drug-likeness (QED) is 0.564. The molecule has 0 rings (SSSR count). The molecule has 0 aliphatic rings. The van der Waals surface area contributed by atoms with Crippen LogP contribution in [0.2, 0.25) is 0 Å². The number of hydrogen-bond acceptors (Lipinski definition) is 3. The molecule has 6 heteroatoms. The normalized spacial score (nSPS) is 14.1. The molecule has 0 fully saturated rings. The number of carboxylic acid groups (broad SMARTS) is 1. The molecule has 0 saturated heterocycles. The molecule has 94 valence electrons. The maximum Gasteiger partial charge on any atom is 0.312 e. The smallest absolute Gasteiger partial charge is 0.312 e. The van der Waals surface area contributed by atoms with Gasteiger partial charge < -0.3 is 20.9 Å². The highest BCUT2D eigenvalue weighted by Crippen LogP contribution is 2.19. The summed E-state index contributed by atoms with van der Waals surface area (Å²) in [6.07, 6.45) is 1.38. The summed E-state index contributed by atoms with van der Waals surface area (Å²) in [4.78, 5) is 21.6. The third-order valence-corrected chi connectivity index (χ3v) is 2.60. The lowest BCUT2D eigenvalue weighted by Gasteiger charge is -2.22. The van der Waals surface area contributed by atoms with Crippen LogP contribution >= 0.6 is 0 Å². The Morgan fingerprint density at radius 2 is 2.12 bits per heavy atom. The van der Waals surface area contributed by atoms with Gasteiger partial charge in [-0.15, -0.1) is 0 Å². The minimum absolute atomic E-state index is 0.0238. The molecular weight excluding hydrogens is 212 g/mol. The zero-order valence-corrected chi connectivity index (χ0v) is 9.73. The Morgan fingerprint density at radius 1 is 1.50 bits per heavy atom. The van der Waals surface area contributed by atoms with Gasteiger partial charge in [0.25, 0.3) is 0 Å². The van der Waals surface area contributed by atoms with E-state index in [2.05, 4.69) is 5.32 Å². The number of nitrogens with one attached hydrogen (secondary N) is 1. The Balaban J connectivity index is 4.34. The molecule has 16 heavy (non-hydrogen) atoms. The van der Waals surface area contributed by atoms with Crippen LogP contribution < -0.4 is 11.1 Å². The monoisotopic (exact) mass is 232 g/mol. The zero-order valence-electron chi connectivity index (χ0n) is 9.73. The van der Waals surface area contributed by atoms with E-state index < -0.39 is 17.9 Å². The Bertz CT molecular complexity index is 233. The van der Waals surface area contributed by atoms with Crippen LogP contribution in [0.4, 0.5) is 4.79 Å². The maximum absolute atomic E-state index is 11.0. The highest BCUT2D eigenvalue weighted by Gasteiger charge is 2.26. The van der Waals surface area contributed by atoms with Crippen LogP contribution in [0.3, 0.4) is 0 Å². The van der Waals surface area contributed by atoms with Gasteiger partial charge in [0.1, 0.15) is 0 Å². The van der Waals surface area contributed by atoms with Crippen LogP contribution in [0.5, 0.6) is 0 Å². The van der Waals surface area contributed by atoms with Gasteiger partial charge in [-0.05, 0) is 12.3 Å². The SMILES string of the molecule is CCC(CCOC)[C@H](CNC(N)=O)C(=O)O. The van der Waals surface area contributed by atoms with Crippen LogP contribution in [0.25, 0.3) is 0 Å². The predicted octanol–water partition coefficient (Wildman–Crippen LogP) is 0.418. The number of primary amides is 1. The number of carbonyl (C=O) groups excluding carboxylic acids is 1. The van der Waals surface area contributed by atoms with Crippen molar-refractivity contribution in [1.29, 1.82) is 0 Å². The van der Waals surface area contributed by atoms with Crippen molar-refractivity contribution in [2.24, 2.45) is 17.6 Å². The van der Waals surface area contributed by atoms with Gasteiger partial charge in [-0.1, -0.05) is 13.3 Å². The third kappa shape index (κ3) is 5.55. The van der Waals surface area contributed by atoms with Crippen molar-refractivity contribution in [3.8, 4) is 0 Å². The van der Waals surface area contributed by atoms with Gasteiger partial charge in [-0.3, -0.25) is 4.79 Å². The predicted molar refractivity (Wildman–Crippen MR) is 59.0 cm³/mol. The molecule has 0 saturated carbocycles. The Labute approximate surface area is 95.1 Å². The van der Waals surface area contributed by atoms with Gasteiger partial charge in [0.05, 0.1) is 5.92 Å². The van der Waals surface area contributed by atoms with Gasteiger partial charge in [0.15, 0.2) is 0 Å². The molecule has 0 bridgehead atoms. The number of carboxylic acids is 1. The Morgan fingerprint density at radius 3 is 2.50 bits per heavy atom. The fourth-order valence-electron chi connectivity index (χ4n) is 1.63. The summed E-state index contributed by atoms with van der Waals surface area (Å²) in [7, 11) is 1.57. The fraction of sp³-hybridized carbons (Fsp3) is 0.800. The summed E-state index contributed by atoms with van der Waals surface area (Å²) < 4.78 is 4.92. The van der Waals surface area contributed by atoms with Crippen molar-refractivity contribution in [2.45, 2.75) is 19.8 Å². The first-order valence-corrected chi connectivity index (χ1v) is 5.27. The first-order valence-electron chi connectivity index (χ1n) is 5.27. The molecule has 0 aliphatic heterocycles. The average molecular weight is 232 g/mol. The molecule has 0 aromatic carbocycles. The van der Waals surface area contributed by atoms with E-state index in [-0.39, 0.29) is 12.5 Å². The second-order valence-electron chi connectivity index (χ2n) is 3.64. The lowest BCUT2D eigenvalue weighted by atomic mass is 9.87. The Kier molecular flexibility index (Phi) is 7.28. The van der Waals surface area contributed by atoms with Crippen molar-refractivity contribution >= 4 is 12.0 Å². The van der Waals surface area contributed by atoms with E-state index >= 15 is 0 Å². The van der Waals surface area contributed by atoms with E-state index in [1.165, 1.54) is 0 Å². The molecule has 2 amide bonds. The topological polar surface area (TPSA) is 102 Å². The Hall–Kier alpha value is -1.30. The molecule has 0 spiro atoms. The van der Waals surface area contributed by atoms with Crippen LogP contribution in [-0.2, 0) is 9.53 Å². The molecule has 0 aliphatic carbocycles. The van der Waals surface area contributed by atoms with Crippen molar-refractivity contribution in [3.63, 3.8) is 0 Å². The lowest BCUT2D eigenvalue weighted by molar-refractivity contribution is -0.143. The summed E-state index contributed by atoms with van der Waals surface area (Å²) in [5, 5.41) is 11.4. The average Bonchev–Trinajstić information content (AvgIpc) is 2.21. The number of hydrogen-bond donors (Lipinski definition) is 3. The highest BCUT2D eigenvalue weighted by molar-refractivity contribution is 5.74. The van der Waals surface area contributed by atoms with Crippen molar-refractivity contribution in [2.75, 3.05) is 20.3 Å². The number of aliphatic carboxylic acids is 1. The molecule has 0 radical (unpaired) electrons. The number of carbonyl (C=O) groups is 2. The summed E-state index contributed by atoms with van der Waals surface area (Å²) in [5.41, 5.74) is 4.91. The van der Waals surface area contributed by atoms with E-state index in [0.717, 1.165) is 6.42 Å². The molecule has 0 aromatic rings. The number of rotatable bonds is 8. The summed E-state index contributed by atoms with van der Waals surface area (Å²) in [5.74, 6) is -1.56. The molecule has 0 aromatic heterocycles.